The van der Waals surface area contributed by atoms with Crippen LogP contribution in [0.4, 0.5) is 5.69 Å². The number of nitrogens with zero attached hydrogens (tertiary/aromatic N) is 1. The molecule has 0 spiro atoms. The molecule has 1 aliphatic heterocycles. The van der Waals surface area contributed by atoms with Crippen molar-refractivity contribution in [2.45, 2.75) is 45.4 Å². The lowest BCUT2D eigenvalue weighted by Gasteiger charge is -2.35. The summed E-state index contributed by atoms with van der Waals surface area (Å²) in [7, 11) is 1.79. The predicted octanol–water partition coefficient (Wildman–Crippen LogP) is 3.45. The third-order valence-electron chi connectivity index (χ3n) is 3.80. The van der Waals surface area contributed by atoms with E-state index in [0.29, 0.717) is 12.1 Å². The van der Waals surface area contributed by atoms with Crippen LogP contribution in [0.1, 0.15) is 32.3 Å². The summed E-state index contributed by atoms with van der Waals surface area (Å²) in [5, 5.41) is 4.31. The lowest BCUT2D eigenvalue weighted by atomic mass is 10.0. The fourth-order valence-corrected chi connectivity index (χ4v) is 3.02. The van der Waals surface area contributed by atoms with Crippen molar-refractivity contribution in [1.82, 2.24) is 5.32 Å². The van der Waals surface area contributed by atoms with Gasteiger partial charge in [0.1, 0.15) is 0 Å². The van der Waals surface area contributed by atoms with Gasteiger partial charge in [-0.3, -0.25) is 0 Å². The van der Waals surface area contributed by atoms with Gasteiger partial charge < -0.3 is 15.0 Å². The van der Waals surface area contributed by atoms with Gasteiger partial charge in [0.2, 0.25) is 0 Å². The molecule has 0 aliphatic carbocycles. The molecule has 4 heteroatoms. The minimum Gasteiger partial charge on any atom is -0.380 e. The van der Waals surface area contributed by atoms with E-state index in [9.17, 15) is 0 Å². The third-order valence-corrected chi connectivity index (χ3v) is 4.10. The van der Waals surface area contributed by atoms with Crippen molar-refractivity contribution in [3.63, 3.8) is 0 Å². The van der Waals surface area contributed by atoms with Gasteiger partial charge >= 0.3 is 0 Å². The Morgan fingerprint density at radius 1 is 1.45 bits per heavy atom. The zero-order valence-electron chi connectivity index (χ0n) is 12.7. The number of nitrogens with one attached hydrogen (secondary N) is 1. The first kappa shape index (κ1) is 15.6. The van der Waals surface area contributed by atoms with E-state index in [0.717, 1.165) is 37.5 Å². The van der Waals surface area contributed by atoms with Crippen LogP contribution in [0.25, 0.3) is 0 Å². The summed E-state index contributed by atoms with van der Waals surface area (Å²) in [6.07, 6.45) is 2.60. The van der Waals surface area contributed by atoms with Crippen molar-refractivity contribution >= 4 is 17.3 Å². The summed E-state index contributed by atoms with van der Waals surface area (Å²) in [4.78, 5) is 2.37. The van der Waals surface area contributed by atoms with Crippen molar-refractivity contribution in [3.8, 4) is 0 Å². The highest BCUT2D eigenvalue weighted by Gasteiger charge is 2.23. The monoisotopic (exact) mass is 296 g/mol. The SMILES string of the molecule is COC1CCCN(c2c(Cl)cccc2CNC(C)C)C1. The third kappa shape index (κ3) is 3.87. The van der Waals surface area contributed by atoms with E-state index in [-0.39, 0.29) is 0 Å². The first-order chi connectivity index (χ1) is 9.61. The Labute approximate surface area is 127 Å². The molecule has 1 N–H and O–H groups in total. The number of anilines is 1. The van der Waals surface area contributed by atoms with E-state index in [1.807, 2.05) is 12.1 Å². The Balaban J connectivity index is 2.20. The van der Waals surface area contributed by atoms with E-state index in [1.54, 1.807) is 7.11 Å². The molecule has 20 heavy (non-hydrogen) atoms. The van der Waals surface area contributed by atoms with Crippen LogP contribution in [-0.4, -0.2) is 32.3 Å². The fraction of sp³-hybridized carbons (Fsp3) is 0.625. The fourth-order valence-electron chi connectivity index (χ4n) is 2.70. The van der Waals surface area contributed by atoms with Gasteiger partial charge in [-0.1, -0.05) is 37.6 Å². The zero-order chi connectivity index (χ0) is 14.5. The highest BCUT2D eigenvalue weighted by atomic mass is 35.5. The van der Waals surface area contributed by atoms with Crippen LogP contribution in [0.5, 0.6) is 0 Å². The van der Waals surface area contributed by atoms with Crippen LogP contribution in [0.2, 0.25) is 5.02 Å². The number of halogens is 1. The lowest BCUT2D eigenvalue weighted by molar-refractivity contribution is 0.0893. The molecule has 1 aliphatic rings. The molecular weight excluding hydrogens is 272 g/mol. The van der Waals surface area contributed by atoms with Crippen molar-refractivity contribution in [1.29, 1.82) is 0 Å². The van der Waals surface area contributed by atoms with E-state index >= 15 is 0 Å². The number of hydrogen-bond acceptors (Lipinski definition) is 3. The van der Waals surface area contributed by atoms with Gasteiger partial charge in [-0.25, -0.2) is 0 Å². The maximum Gasteiger partial charge on any atom is 0.0746 e. The van der Waals surface area contributed by atoms with Crippen LogP contribution >= 0.6 is 11.6 Å². The van der Waals surface area contributed by atoms with Gasteiger partial charge in [0.25, 0.3) is 0 Å². The van der Waals surface area contributed by atoms with Crippen LogP contribution in [0.15, 0.2) is 18.2 Å². The number of ether oxygens (including phenoxy) is 1. The second kappa shape index (κ2) is 7.30. The van der Waals surface area contributed by atoms with Crippen molar-refractivity contribution < 1.29 is 4.74 Å². The van der Waals surface area contributed by atoms with Crippen LogP contribution in [0.3, 0.4) is 0 Å². The maximum atomic E-state index is 6.46. The second-order valence-electron chi connectivity index (χ2n) is 5.73. The van der Waals surface area contributed by atoms with E-state index in [2.05, 4.69) is 30.1 Å². The topological polar surface area (TPSA) is 24.5 Å². The molecule has 1 atom stereocenters. The molecule has 0 aromatic heterocycles. The molecule has 1 aromatic rings. The standard InChI is InChI=1S/C16H25ClN2O/c1-12(2)18-10-13-6-4-8-15(17)16(13)19-9-5-7-14(11-19)20-3/h4,6,8,12,14,18H,5,7,9-11H2,1-3H3. The Morgan fingerprint density at radius 2 is 2.25 bits per heavy atom. The van der Waals surface area contributed by atoms with Gasteiger partial charge in [0, 0.05) is 32.8 Å². The van der Waals surface area contributed by atoms with Crippen LogP contribution in [-0.2, 0) is 11.3 Å². The number of piperidine rings is 1. The van der Waals surface area contributed by atoms with Gasteiger partial charge in [-0.15, -0.1) is 0 Å². The minimum atomic E-state index is 0.311. The lowest BCUT2D eigenvalue weighted by Crippen LogP contribution is -2.40. The summed E-state index contributed by atoms with van der Waals surface area (Å²) in [5.74, 6) is 0. The molecule has 0 bridgehead atoms. The van der Waals surface area contributed by atoms with Crippen LogP contribution in [0, 0.1) is 0 Å². The molecule has 1 fully saturated rings. The molecular formula is C16H25ClN2O. The quantitative estimate of drug-likeness (QED) is 0.901. The summed E-state index contributed by atoms with van der Waals surface area (Å²) in [6.45, 7) is 7.15. The molecule has 2 rings (SSSR count). The molecule has 1 aromatic carbocycles. The molecule has 3 nitrogen and oxygen atoms in total. The number of rotatable bonds is 5. The van der Waals surface area contributed by atoms with Crippen LogP contribution < -0.4 is 10.2 Å². The molecule has 1 heterocycles. The average molecular weight is 297 g/mol. The smallest absolute Gasteiger partial charge is 0.0746 e. The molecule has 1 unspecified atom stereocenters. The Morgan fingerprint density at radius 3 is 2.95 bits per heavy atom. The summed E-state index contributed by atoms with van der Waals surface area (Å²) >= 11 is 6.46. The minimum absolute atomic E-state index is 0.311. The molecule has 0 saturated carbocycles. The van der Waals surface area contributed by atoms with Gasteiger partial charge in [-0.05, 0) is 24.5 Å². The van der Waals surface area contributed by atoms with E-state index in [1.165, 1.54) is 11.3 Å². The van der Waals surface area contributed by atoms with Crippen molar-refractivity contribution in [2.75, 3.05) is 25.1 Å². The highest BCUT2D eigenvalue weighted by molar-refractivity contribution is 6.33. The number of para-hydroxylation sites is 1. The largest absolute Gasteiger partial charge is 0.380 e. The number of hydrogen-bond donors (Lipinski definition) is 1. The summed E-state index contributed by atoms with van der Waals surface area (Å²) < 4.78 is 5.52. The second-order valence-corrected chi connectivity index (χ2v) is 6.14. The Hall–Kier alpha value is -0.770. The van der Waals surface area contributed by atoms with Crippen molar-refractivity contribution in [2.24, 2.45) is 0 Å². The molecule has 0 amide bonds. The number of benzene rings is 1. The summed E-state index contributed by atoms with van der Waals surface area (Å²) in [6, 6.07) is 6.63. The number of methoxy groups -OCH3 is 1. The van der Waals surface area contributed by atoms with Gasteiger partial charge in [0.15, 0.2) is 0 Å². The Kier molecular flexibility index (Phi) is 5.70. The Bertz CT molecular complexity index is 436. The zero-order valence-corrected chi connectivity index (χ0v) is 13.4. The maximum absolute atomic E-state index is 6.46. The van der Waals surface area contributed by atoms with Gasteiger partial charge in [0.05, 0.1) is 16.8 Å². The molecule has 0 radical (unpaired) electrons. The first-order valence-corrected chi connectivity index (χ1v) is 7.78. The predicted molar refractivity (Wildman–Crippen MR) is 85.7 cm³/mol. The molecule has 1 saturated heterocycles. The van der Waals surface area contributed by atoms with E-state index in [4.69, 9.17) is 16.3 Å². The molecule has 112 valence electrons. The van der Waals surface area contributed by atoms with Gasteiger partial charge in [-0.2, -0.15) is 0 Å². The highest BCUT2D eigenvalue weighted by Crippen LogP contribution is 2.32. The van der Waals surface area contributed by atoms with Crippen molar-refractivity contribution in [3.05, 3.63) is 28.8 Å². The van der Waals surface area contributed by atoms with E-state index < -0.39 is 0 Å². The average Bonchev–Trinajstić information content (AvgIpc) is 2.45. The normalized spacial score (nSPS) is 19.6. The summed E-state index contributed by atoms with van der Waals surface area (Å²) in [5.41, 5.74) is 2.44. The first-order valence-electron chi connectivity index (χ1n) is 7.40.